The van der Waals surface area contributed by atoms with Crippen molar-refractivity contribution in [2.75, 3.05) is 44.5 Å². The number of carbonyl (C=O) groups is 1. The summed E-state index contributed by atoms with van der Waals surface area (Å²) in [6, 6.07) is 0. The summed E-state index contributed by atoms with van der Waals surface area (Å²) in [6.07, 6.45) is 0.669. The lowest BCUT2D eigenvalue weighted by Crippen LogP contribution is -2.39. The lowest BCUT2D eigenvalue weighted by atomic mass is 10.4. The van der Waals surface area contributed by atoms with Gasteiger partial charge in [0.25, 0.3) is 0 Å². The molecule has 1 aliphatic heterocycles. The van der Waals surface area contributed by atoms with Crippen LogP contribution in [0.15, 0.2) is 0 Å². The average molecular weight is 333 g/mol. The third-order valence-corrected chi connectivity index (χ3v) is 5.89. The van der Waals surface area contributed by atoms with Gasteiger partial charge in [-0.2, -0.15) is 0 Å². The number of carboxylic acids is 1. The van der Waals surface area contributed by atoms with Crippen LogP contribution in [-0.2, 0) is 13.9 Å². The number of nitrogens with zero attached hydrogens (tertiary/aromatic N) is 2. The summed E-state index contributed by atoms with van der Waals surface area (Å²) in [4.78, 5) is 10.7. The van der Waals surface area contributed by atoms with Gasteiger partial charge in [-0.1, -0.05) is 0 Å². The molecule has 1 saturated heterocycles. The van der Waals surface area contributed by atoms with Gasteiger partial charge < -0.3 is 9.63 Å². The molecule has 19 heavy (non-hydrogen) atoms. The van der Waals surface area contributed by atoms with Crippen LogP contribution in [0, 0.1) is 0 Å². The van der Waals surface area contributed by atoms with Gasteiger partial charge in [-0.05, 0) is 6.42 Å². The predicted octanol–water partition coefficient (Wildman–Crippen LogP) is 2.07. The van der Waals surface area contributed by atoms with Crippen molar-refractivity contribution < 1.29 is 19.0 Å². The van der Waals surface area contributed by atoms with Gasteiger partial charge in [-0.25, -0.2) is 9.34 Å². The highest BCUT2D eigenvalue weighted by molar-refractivity contribution is 7.54. The molecule has 0 bridgehead atoms. The van der Waals surface area contributed by atoms with Crippen LogP contribution in [0.1, 0.15) is 12.8 Å². The minimum Gasteiger partial charge on any atom is -0.481 e. The molecular formula is C10H19Cl2N2O4P. The summed E-state index contributed by atoms with van der Waals surface area (Å²) in [5, 5.41) is 8.75. The van der Waals surface area contributed by atoms with Crippen molar-refractivity contribution in [1.82, 2.24) is 9.34 Å². The first kappa shape index (κ1) is 17.2. The number of hydrogen-bond acceptors (Lipinski definition) is 3. The summed E-state index contributed by atoms with van der Waals surface area (Å²) in [5.74, 6) is -0.285. The maximum Gasteiger partial charge on any atom is 0.346 e. The Bertz CT molecular complexity index is 339. The van der Waals surface area contributed by atoms with E-state index in [4.69, 9.17) is 32.8 Å². The van der Waals surface area contributed by atoms with E-state index in [0.29, 0.717) is 38.0 Å². The van der Waals surface area contributed by atoms with Gasteiger partial charge in [0.2, 0.25) is 0 Å². The van der Waals surface area contributed by atoms with Crippen LogP contribution >= 0.6 is 30.9 Å². The van der Waals surface area contributed by atoms with Gasteiger partial charge in [0, 0.05) is 37.9 Å². The Morgan fingerprint density at radius 1 is 1.37 bits per heavy atom. The molecule has 0 aromatic rings. The molecule has 112 valence electrons. The summed E-state index contributed by atoms with van der Waals surface area (Å²) in [5.41, 5.74) is 0. The van der Waals surface area contributed by atoms with Crippen LogP contribution in [-0.4, -0.2) is 65.0 Å². The highest BCUT2D eigenvalue weighted by Gasteiger charge is 2.40. The molecule has 0 saturated carbocycles. The van der Waals surface area contributed by atoms with Crippen LogP contribution in [0.5, 0.6) is 0 Å². The molecular weight excluding hydrogens is 314 g/mol. The van der Waals surface area contributed by atoms with Crippen LogP contribution in [0.4, 0.5) is 0 Å². The molecule has 0 spiro atoms. The second-order valence-corrected chi connectivity index (χ2v) is 7.23. The Balaban J connectivity index is 2.80. The van der Waals surface area contributed by atoms with Crippen molar-refractivity contribution in [2.45, 2.75) is 12.8 Å². The molecule has 6 nitrogen and oxygen atoms in total. The molecule has 1 unspecified atom stereocenters. The topological polar surface area (TPSA) is 70.1 Å². The summed E-state index contributed by atoms with van der Waals surface area (Å²) < 4.78 is 21.7. The molecule has 9 heteroatoms. The first-order chi connectivity index (χ1) is 9.04. The Hall–Kier alpha value is 0.160. The Labute approximate surface area is 123 Å². The van der Waals surface area contributed by atoms with Crippen molar-refractivity contribution in [2.24, 2.45) is 0 Å². The van der Waals surface area contributed by atoms with Crippen LogP contribution < -0.4 is 0 Å². The molecule has 0 aromatic carbocycles. The maximum atomic E-state index is 13.0. The van der Waals surface area contributed by atoms with E-state index in [-0.39, 0.29) is 13.0 Å². The van der Waals surface area contributed by atoms with E-state index >= 15 is 0 Å². The minimum atomic E-state index is -3.19. The molecule has 1 heterocycles. The lowest BCUT2D eigenvalue weighted by molar-refractivity contribution is -0.137. The molecule has 1 atom stereocenters. The lowest BCUT2D eigenvalue weighted by Gasteiger charge is -2.40. The molecule has 1 fully saturated rings. The number of carboxylic acid groups (broad SMARTS) is 1. The summed E-state index contributed by atoms with van der Waals surface area (Å²) >= 11 is 11.4. The highest BCUT2D eigenvalue weighted by atomic mass is 35.5. The Morgan fingerprint density at radius 3 is 2.53 bits per heavy atom. The van der Waals surface area contributed by atoms with Gasteiger partial charge in [-0.15, -0.1) is 23.2 Å². The highest BCUT2D eigenvalue weighted by Crippen LogP contribution is 2.56. The quantitative estimate of drug-likeness (QED) is 0.542. The predicted molar refractivity (Wildman–Crippen MR) is 75.0 cm³/mol. The number of aliphatic carboxylic acids is 1. The number of halogens is 2. The fourth-order valence-corrected chi connectivity index (χ4v) is 5.07. The number of rotatable bonds is 8. The molecule has 0 aromatic heterocycles. The van der Waals surface area contributed by atoms with Crippen molar-refractivity contribution >= 4 is 36.8 Å². The van der Waals surface area contributed by atoms with E-state index < -0.39 is 13.6 Å². The SMILES string of the molecule is O=C(O)CCN1CCCOP1(=O)N(CCCl)CCCl. The molecule has 0 amide bonds. The second kappa shape index (κ2) is 8.45. The number of alkyl halides is 2. The van der Waals surface area contributed by atoms with E-state index in [1.54, 1.807) is 9.34 Å². The summed E-state index contributed by atoms with van der Waals surface area (Å²) in [6.45, 7) is 1.96. The number of hydrogen-bond donors (Lipinski definition) is 1. The maximum absolute atomic E-state index is 13.0. The monoisotopic (exact) mass is 332 g/mol. The van der Waals surface area contributed by atoms with Gasteiger partial charge >= 0.3 is 13.6 Å². The van der Waals surface area contributed by atoms with Gasteiger partial charge in [0.15, 0.2) is 0 Å². The largest absolute Gasteiger partial charge is 0.481 e. The van der Waals surface area contributed by atoms with Gasteiger partial charge in [-0.3, -0.25) is 9.36 Å². The fourth-order valence-electron chi connectivity index (χ4n) is 1.92. The van der Waals surface area contributed by atoms with Crippen molar-refractivity contribution in [1.29, 1.82) is 0 Å². The summed E-state index contributed by atoms with van der Waals surface area (Å²) in [7, 11) is -3.19. The molecule has 1 N–H and O–H groups in total. The Kier molecular flexibility index (Phi) is 7.65. The smallest absolute Gasteiger partial charge is 0.346 e. The van der Waals surface area contributed by atoms with Crippen molar-refractivity contribution in [3.63, 3.8) is 0 Å². The zero-order valence-electron chi connectivity index (χ0n) is 10.6. The van der Waals surface area contributed by atoms with E-state index in [0.717, 1.165) is 6.42 Å². The van der Waals surface area contributed by atoms with Crippen LogP contribution in [0.3, 0.4) is 0 Å². The second-order valence-electron chi connectivity index (χ2n) is 4.11. The van der Waals surface area contributed by atoms with Gasteiger partial charge in [0.05, 0.1) is 13.0 Å². The normalized spacial score (nSPS) is 24.8. The zero-order chi connectivity index (χ0) is 14.3. The van der Waals surface area contributed by atoms with Crippen LogP contribution in [0.2, 0.25) is 0 Å². The minimum absolute atomic E-state index is 0.0665. The van der Waals surface area contributed by atoms with Gasteiger partial charge in [0.1, 0.15) is 0 Å². The third kappa shape index (κ3) is 4.88. The third-order valence-electron chi connectivity index (χ3n) is 2.80. The van der Waals surface area contributed by atoms with E-state index in [1.807, 2.05) is 0 Å². The molecule has 1 aliphatic rings. The van der Waals surface area contributed by atoms with E-state index in [9.17, 15) is 9.36 Å². The molecule has 0 aliphatic carbocycles. The average Bonchev–Trinajstić information content (AvgIpc) is 2.37. The van der Waals surface area contributed by atoms with Crippen LogP contribution in [0.25, 0.3) is 0 Å². The Morgan fingerprint density at radius 2 is 2.00 bits per heavy atom. The van der Waals surface area contributed by atoms with E-state index in [1.165, 1.54) is 0 Å². The first-order valence-corrected chi connectivity index (χ1v) is 8.73. The molecule has 1 rings (SSSR count). The standard InChI is InChI=1S/C10H19Cl2N2O4P/c11-3-7-14(8-4-12)19(17)13(5-1-9-18-19)6-2-10(15)16/h1-9H2,(H,15,16). The molecule has 0 radical (unpaired) electrons. The van der Waals surface area contributed by atoms with Crippen molar-refractivity contribution in [3.05, 3.63) is 0 Å². The van der Waals surface area contributed by atoms with Crippen molar-refractivity contribution in [3.8, 4) is 0 Å². The van der Waals surface area contributed by atoms with E-state index in [2.05, 4.69) is 0 Å². The zero-order valence-corrected chi connectivity index (χ0v) is 13.0. The first-order valence-electron chi connectivity index (χ1n) is 6.13. The fraction of sp³-hybridized carbons (Fsp3) is 0.900.